The topological polar surface area (TPSA) is 12.5 Å². The minimum Gasteiger partial charge on any atom is -0.369 e. The molecule has 2 nitrogen and oxygen atoms in total. The van der Waals surface area contributed by atoms with Gasteiger partial charge in [0.1, 0.15) is 0 Å². The molecule has 0 heterocycles. The lowest BCUT2D eigenvalue weighted by molar-refractivity contribution is 0.0500. The van der Waals surface area contributed by atoms with Crippen molar-refractivity contribution in [3.05, 3.63) is 35.9 Å². The van der Waals surface area contributed by atoms with E-state index in [0.717, 1.165) is 13.1 Å². The van der Waals surface area contributed by atoms with Crippen LogP contribution in [0.1, 0.15) is 19.4 Å². The molecule has 0 saturated heterocycles. The van der Waals surface area contributed by atoms with Crippen molar-refractivity contribution in [1.29, 1.82) is 0 Å². The molecule has 15 heavy (non-hydrogen) atoms. The molecule has 0 N–H and O–H groups in total. The summed E-state index contributed by atoms with van der Waals surface area (Å²) in [6.07, 6.45) is 0. The Bertz CT molecular complexity index is 258. The fraction of sp³-hybridized carbons (Fsp3) is 0.538. The normalized spacial score (nSPS) is 11.3. The van der Waals surface area contributed by atoms with E-state index in [2.05, 4.69) is 43.0 Å². The third-order valence-electron chi connectivity index (χ3n) is 2.18. The quantitative estimate of drug-likeness (QED) is 0.665. The summed E-state index contributed by atoms with van der Waals surface area (Å²) in [5.74, 6) is 0.670. The third kappa shape index (κ3) is 4.96. The van der Waals surface area contributed by atoms with Crippen LogP contribution >= 0.6 is 0 Å². The van der Waals surface area contributed by atoms with Gasteiger partial charge in [0, 0.05) is 20.2 Å². The van der Waals surface area contributed by atoms with Gasteiger partial charge in [-0.3, -0.25) is 4.90 Å². The van der Waals surface area contributed by atoms with Crippen molar-refractivity contribution in [3.8, 4) is 0 Å². The first kappa shape index (κ1) is 12.2. The van der Waals surface area contributed by atoms with Gasteiger partial charge < -0.3 is 4.74 Å². The molecule has 1 rings (SSSR count). The monoisotopic (exact) mass is 207 g/mol. The predicted molar refractivity (Wildman–Crippen MR) is 63.6 cm³/mol. The lowest BCUT2D eigenvalue weighted by Crippen LogP contribution is -2.29. The number of hydrogen-bond donors (Lipinski definition) is 0. The van der Waals surface area contributed by atoms with Crippen LogP contribution in [0, 0.1) is 5.92 Å². The fourth-order valence-electron chi connectivity index (χ4n) is 1.70. The summed E-state index contributed by atoms with van der Waals surface area (Å²) in [4.78, 5) is 2.32. The molecule has 0 aromatic heterocycles. The van der Waals surface area contributed by atoms with Crippen LogP contribution in [0.5, 0.6) is 0 Å². The fourth-order valence-corrected chi connectivity index (χ4v) is 1.70. The highest BCUT2D eigenvalue weighted by atomic mass is 16.5. The van der Waals surface area contributed by atoms with Gasteiger partial charge >= 0.3 is 0 Å². The largest absolute Gasteiger partial charge is 0.369 e. The molecular weight excluding hydrogens is 186 g/mol. The van der Waals surface area contributed by atoms with E-state index >= 15 is 0 Å². The molecular formula is C13H21NO. The Balaban J connectivity index is 2.50. The van der Waals surface area contributed by atoms with E-state index in [1.165, 1.54) is 5.56 Å². The van der Waals surface area contributed by atoms with Gasteiger partial charge in [0.2, 0.25) is 0 Å². The van der Waals surface area contributed by atoms with Gasteiger partial charge in [-0.1, -0.05) is 44.2 Å². The Morgan fingerprint density at radius 3 is 2.40 bits per heavy atom. The van der Waals surface area contributed by atoms with E-state index in [9.17, 15) is 0 Å². The second-order valence-corrected chi connectivity index (χ2v) is 4.31. The molecule has 0 aliphatic heterocycles. The van der Waals surface area contributed by atoms with E-state index in [-0.39, 0.29) is 0 Å². The molecule has 2 heteroatoms. The zero-order valence-electron chi connectivity index (χ0n) is 9.94. The lowest BCUT2D eigenvalue weighted by atomic mass is 10.2. The van der Waals surface area contributed by atoms with Crippen LogP contribution in [0.25, 0.3) is 0 Å². The number of benzene rings is 1. The van der Waals surface area contributed by atoms with Crippen molar-refractivity contribution < 1.29 is 4.74 Å². The van der Waals surface area contributed by atoms with Crippen LogP contribution < -0.4 is 0 Å². The molecule has 0 fully saturated rings. The van der Waals surface area contributed by atoms with Gasteiger partial charge in [0.25, 0.3) is 0 Å². The van der Waals surface area contributed by atoms with Crippen LogP contribution in [-0.4, -0.2) is 25.3 Å². The van der Waals surface area contributed by atoms with E-state index < -0.39 is 0 Å². The zero-order valence-corrected chi connectivity index (χ0v) is 9.94. The molecule has 84 valence electrons. The van der Waals surface area contributed by atoms with Gasteiger partial charge in [-0.2, -0.15) is 0 Å². The van der Waals surface area contributed by atoms with Crippen LogP contribution in [-0.2, 0) is 11.3 Å². The highest BCUT2D eigenvalue weighted by molar-refractivity contribution is 5.14. The van der Waals surface area contributed by atoms with Gasteiger partial charge in [0.15, 0.2) is 0 Å². The molecule has 0 spiro atoms. The van der Waals surface area contributed by atoms with Crippen molar-refractivity contribution in [3.63, 3.8) is 0 Å². The van der Waals surface area contributed by atoms with Crippen molar-refractivity contribution in [1.82, 2.24) is 4.90 Å². The summed E-state index contributed by atoms with van der Waals surface area (Å²) in [5, 5.41) is 0. The highest BCUT2D eigenvalue weighted by Gasteiger charge is 2.07. The summed E-state index contributed by atoms with van der Waals surface area (Å²) in [5.41, 5.74) is 1.34. The predicted octanol–water partition coefficient (Wildman–Crippen LogP) is 2.75. The second kappa shape index (κ2) is 6.59. The number of hydrogen-bond acceptors (Lipinski definition) is 2. The van der Waals surface area contributed by atoms with Gasteiger partial charge in [-0.25, -0.2) is 0 Å². The Kier molecular flexibility index (Phi) is 5.37. The average Bonchev–Trinajstić information content (AvgIpc) is 2.18. The number of ether oxygens (including phenoxy) is 1. The second-order valence-electron chi connectivity index (χ2n) is 4.31. The first-order valence-electron chi connectivity index (χ1n) is 5.47. The van der Waals surface area contributed by atoms with Gasteiger partial charge in [-0.15, -0.1) is 0 Å². The minimum atomic E-state index is 0.670. The van der Waals surface area contributed by atoms with Gasteiger partial charge in [0.05, 0.1) is 6.73 Å². The Hall–Kier alpha value is -0.860. The van der Waals surface area contributed by atoms with Crippen LogP contribution in [0.4, 0.5) is 0 Å². The van der Waals surface area contributed by atoms with Crippen molar-refractivity contribution in [2.45, 2.75) is 20.4 Å². The van der Waals surface area contributed by atoms with Crippen LogP contribution in [0.15, 0.2) is 30.3 Å². The maximum absolute atomic E-state index is 5.20. The lowest BCUT2D eigenvalue weighted by Gasteiger charge is -2.23. The molecule has 1 aromatic carbocycles. The zero-order chi connectivity index (χ0) is 11.1. The molecule has 0 aliphatic rings. The summed E-state index contributed by atoms with van der Waals surface area (Å²) < 4.78 is 5.20. The highest BCUT2D eigenvalue weighted by Crippen LogP contribution is 2.06. The first-order valence-corrected chi connectivity index (χ1v) is 5.47. The summed E-state index contributed by atoms with van der Waals surface area (Å²) in [7, 11) is 1.75. The van der Waals surface area contributed by atoms with Crippen LogP contribution in [0.2, 0.25) is 0 Å². The molecule has 0 amide bonds. The number of rotatable bonds is 6. The summed E-state index contributed by atoms with van der Waals surface area (Å²) >= 11 is 0. The maximum atomic E-state index is 5.20. The SMILES string of the molecule is COCN(Cc1ccccc1)CC(C)C. The Labute approximate surface area is 92.9 Å². The van der Waals surface area contributed by atoms with E-state index in [4.69, 9.17) is 4.74 Å². The Morgan fingerprint density at radius 2 is 1.87 bits per heavy atom. The van der Waals surface area contributed by atoms with Crippen molar-refractivity contribution >= 4 is 0 Å². The third-order valence-corrected chi connectivity index (χ3v) is 2.18. The van der Waals surface area contributed by atoms with Crippen molar-refractivity contribution in [2.24, 2.45) is 5.92 Å². The standard InChI is InChI=1S/C13H21NO/c1-12(2)9-14(11-15-3)10-13-7-5-4-6-8-13/h4-8,12H,9-11H2,1-3H3. The van der Waals surface area contributed by atoms with E-state index in [1.54, 1.807) is 7.11 Å². The molecule has 1 aromatic rings. The first-order chi connectivity index (χ1) is 7.22. The number of nitrogens with zero attached hydrogens (tertiary/aromatic N) is 1. The smallest absolute Gasteiger partial charge is 0.0989 e. The van der Waals surface area contributed by atoms with E-state index in [1.807, 2.05) is 6.07 Å². The van der Waals surface area contributed by atoms with Gasteiger partial charge in [-0.05, 0) is 11.5 Å². The molecule has 0 unspecified atom stereocenters. The minimum absolute atomic E-state index is 0.670. The molecule has 0 bridgehead atoms. The molecule has 0 atom stereocenters. The summed E-state index contributed by atoms with van der Waals surface area (Å²) in [6, 6.07) is 10.5. The van der Waals surface area contributed by atoms with Crippen molar-refractivity contribution in [2.75, 3.05) is 20.4 Å². The molecule has 0 aliphatic carbocycles. The molecule has 0 saturated carbocycles. The summed E-state index contributed by atoms with van der Waals surface area (Å²) in [6.45, 7) is 7.20. The average molecular weight is 207 g/mol. The van der Waals surface area contributed by atoms with E-state index in [0.29, 0.717) is 12.6 Å². The maximum Gasteiger partial charge on any atom is 0.0989 e. The molecule has 0 radical (unpaired) electrons. The Morgan fingerprint density at radius 1 is 1.20 bits per heavy atom. The number of methoxy groups -OCH3 is 1. The van der Waals surface area contributed by atoms with Crippen LogP contribution in [0.3, 0.4) is 0 Å².